The summed E-state index contributed by atoms with van der Waals surface area (Å²) in [5, 5.41) is 48.3. The molecule has 0 bridgehead atoms. The van der Waals surface area contributed by atoms with E-state index in [1.165, 1.54) is 0 Å². The molecule has 1 heterocycles. The summed E-state index contributed by atoms with van der Waals surface area (Å²) in [6.45, 7) is 7.18. The number of carboxylic acid groups (broad SMARTS) is 1. The average molecular weight is 683 g/mol. The fraction of sp³-hybridized carbons (Fsp3) is 0.821. The zero-order valence-electron chi connectivity index (χ0n) is 27.2. The largest absolute Gasteiger partial charge is 0.481 e. The van der Waals surface area contributed by atoms with Crippen molar-refractivity contribution < 1.29 is 72.8 Å². The minimum Gasteiger partial charge on any atom is -0.481 e. The highest BCUT2D eigenvalue weighted by Crippen LogP contribution is 2.20. The van der Waals surface area contributed by atoms with Gasteiger partial charge in [-0.15, -0.1) is 0 Å². The van der Waals surface area contributed by atoms with Gasteiger partial charge in [-0.05, 0) is 20.8 Å². The first-order chi connectivity index (χ1) is 22.1. The SMILES string of the molecule is CC(=O)NC1C(NC(=O)C[C@H](NC(=O)OC(C)(C)C)C(=O)NCCOCCOCCOCCOCCC(=O)O)OC(CO)C(O)C1O. The highest BCUT2D eigenvalue weighted by molar-refractivity contribution is 5.91. The summed E-state index contributed by atoms with van der Waals surface area (Å²) in [5.41, 5.74) is -0.898. The molecule has 47 heavy (non-hydrogen) atoms. The Morgan fingerprint density at radius 1 is 0.830 bits per heavy atom. The lowest BCUT2D eigenvalue weighted by molar-refractivity contribution is -0.203. The summed E-state index contributed by atoms with van der Waals surface area (Å²) in [6, 6.07) is -2.70. The lowest BCUT2D eigenvalue weighted by Crippen LogP contribution is -2.68. The molecular weight excluding hydrogens is 632 g/mol. The van der Waals surface area contributed by atoms with E-state index in [9.17, 15) is 39.3 Å². The Labute approximate surface area is 272 Å². The van der Waals surface area contributed by atoms with Crippen LogP contribution in [-0.4, -0.2) is 158 Å². The minimum atomic E-state index is -1.60. The maximum atomic E-state index is 13.0. The van der Waals surface area contributed by atoms with Crippen molar-refractivity contribution in [2.24, 2.45) is 0 Å². The van der Waals surface area contributed by atoms with Gasteiger partial charge >= 0.3 is 12.1 Å². The number of hydrogen-bond acceptors (Lipinski definition) is 14. The van der Waals surface area contributed by atoms with Crippen LogP contribution < -0.4 is 21.3 Å². The molecular formula is C28H50N4O15. The van der Waals surface area contributed by atoms with Crippen LogP contribution in [0, 0.1) is 0 Å². The van der Waals surface area contributed by atoms with E-state index in [-0.39, 0.29) is 46.0 Å². The van der Waals surface area contributed by atoms with Gasteiger partial charge in [0.2, 0.25) is 17.7 Å². The highest BCUT2D eigenvalue weighted by Gasteiger charge is 2.45. The van der Waals surface area contributed by atoms with Crippen LogP contribution >= 0.6 is 0 Å². The molecule has 0 saturated carbocycles. The van der Waals surface area contributed by atoms with Gasteiger partial charge in [0.05, 0.1) is 72.3 Å². The molecule has 19 heteroatoms. The van der Waals surface area contributed by atoms with Gasteiger partial charge in [-0.1, -0.05) is 0 Å². The molecule has 0 aromatic heterocycles. The smallest absolute Gasteiger partial charge is 0.408 e. The summed E-state index contributed by atoms with van der Waals surface area (Å²) < 4.78 is 31.8. The van der Waals surface area contributed by atoms with Crippen molar-refractivity contribution in [3.8, 4) is 0 Å². The van der Waals surface area contributed by atoms with E-state index in [2.05, 4.69) is 21.3 Å². The highest BCUT2D eigenvalue weighted by atomic mass is 16.6. The minimum absolute atomic E-state index is 0.0243. The lowest BCUT2D eigenvalue weighted by Gasteiger charge is -2.42. The maximum Gasteiger partial charge on any atom is 0.408 e. The molecule has 0 radical (unpaired) electrons. The molecule has 1 saturated heterocycles. The molecule has 8 N–H and O–H groups in total. The molecule has 1 rings (SSSR count). The van der Waals surface area contributed by atoms with Crippen LogP contribution in [0.1, 0.15) is 40.5 Å². The van der Waals surface area contributed by atoms with Crippen molar-refractivity contribution in [3.05, 3.63) is 0 Å². The molecule has 1 aliphatic heterocycles. The lowest BCUT2D eigenvalue weighted by atomic mass is 9.95. The zero-order chi connectivity index (χ0) is 35.4. The van der Waals surface area contributed by atoms with Gasteiger partial charge in [0.25, 0.3) is 0 Å². The Hall–Kier alpha value is -3.17. The first kappa shape index (κ1) is 41.9. The number of aliphatic hydroxyl groups excluding tert-OH is 3. The Kier molecular flexibility index (Phi) is 20.0. The Bertz CT molecular complexity index is 980. The zero-order valence-corrected chi connectivity index (χ0v) is 27.2. The van der Waals surface area contributed by atoms with Gasteiger partial charge in [-0.3, -0.25) is 19.2 Å². The second-order valence-corrected chi connectivity index (χ2v) is 11.3. The normalized spacial score (nSPS) is 21.7. The Morgan fingerprint density at radius 2 is 1.38 bits per heavy atom. The van der Waals surface area contributed by atoms with Crippen LogP contribution in [0.15, 0.2) is 0 Å². The number of aliphatic hydroxyl groups is 3. The first-order valence-electron chi connectivity index (χ1n) is 15.1. The molecule has 1 fully saturated rings. The van der Waals surface area contributed by atoms with Gasteiger partial charge in [-0.25, -0.2) is 4.79 Å². The van der Waals surface area contributed by atoms with Crippen molar-refractivity contribution in [1.29, 1.82) is 0 Å². The number of carbonyl (C=O) groups excluding carboxylic acids is 4. The van der Waals surface area contributed by atoms with Gasteiger partial charge in [0, 0.05) is 13.5 Å². The monoisotopic (exact) mass is 682 g/mol. The van der Waals surface area contributed by atoms with Crippen LogP contribution in [0.3, 0.4) is 0 Å². The van der Waals surface area contributed by atoms with Crippen molar-refractivity contribution in [2.75, 3.05) is 66.0 Å². The Balaban J connectivity index is 2.54. The molecule has 6 atom stereocenters. The third kappa shape index (κ3) is 18.7. The van der Waals surface area contributed by atoms with Crippen LogP contribution in [0.4, 0.5) is 4.79 Å². The van der Waals surface area contributed by atoms with E-state index >= 15 is 0 Å². The summed E-state index contributed by atoms with van der Waals surface area (Å²) in [6.07, 6.45) is -7.46. The average Bonchev–Trinajstić information content (AvgIpc) is 2.97. The summed E-state index contributed by atoms with van der Waals surface area (Å²) >= 11 is 0. The van der Waals surface area contributed by atoms with E-state index in [4.69, 9.17) is 33.5 Å². The summed E-state index contributed by atoms with van der Waals surface area (Å²) in [7, 11) is 0. The number of amides is 4. The fourth-order valence-electron chi connectivity index (χ4n) is 3.99. The topological polar surface area (TPSA) is 270 Å². The second kappa shape index (κ2) is 22.4. The molecule has 1 aliphatic rings. The molecule has 272 valence electrons. The van der Waals surface area contributed by atoms with Crippen molar-refractivity contribution in [3.63, 3.8) is 0 Å². The fourth-order valence-corrected chi connectivity index (χ4v) is 3.99. The van der Waals surface area contributed by atoms with E-state index in [1.807, 2.05) is 0 Å². The van der Waals surface area contributed by atoms with Crippen LogP contribution in [0.2, 0.25) is 0 Å². The predicted molar refractivity (Wildman–Crippen MR) is 160 cm³/mol. The third-order valence-electron chi connectivity index (χ3n) is 6.12. The second-order valence-electron chi connectivity index (χ2n) is 11.3. The number of alkyl carbamates (subject to hydrolysis) is 1. The van der Waals surface area contributed by atoms with Crippen LogP contribution in [0.5, 0.6) is 0 Å². The number of aliphatic carboxylic acids is 1. The summed E-state index contributed by atoms with van der Waals surface area (Å²) in [4.78, 5) is 60.4. The first-order valence-corrected chi connectivity index (χ1v) is 15.1. The van der Waals surface area contributed by atoms with Crippen LogP contribution in [0.25, 0.3) is 0 Å². The number of rotatable bonds is 22. The number of carboxylic acids is 1. The number of nitrogens with one attached hydrogen (secondary N) is 4. The number of ether oxygens (including phenoxy) is 6. The van der Waals surface area contributed by atoms with Gasteiger partial charge in [-0.2, -0.15) is 0 Å². The van der Waals surface area contributed by atoms with E-state index in [1.54, 1.807) is 20.8 Å². The molecule has 19 nitrogen and oxygen atoms in total. The maximum absolute atomic E-state index is 13.0. The van der Waals surface area contributed by atoms with Gasteiger partial charge in [0.1, 0.15) is 36.0 Å². The predicted octanol–water partition coefficient (Wildman–Crippen LogP) is -3.01. The summed E-state index contributed by atoms with van der Waals surface area (Å²) in [5.74, 6) is -3.09. The molecule has 0 aromatic rings. The molecule has 0 spiro atoms. The van der Waals surface area contributed by atoms with Crippen molar-refractivity contribution >= 4 is 29.8 Å². The molecule has 5 unspecified atom stereocenters. The van der Waals surface area contributed by atoms with Gasteiger partial charge < -0.3 is 70.1 Å². The van der Waals surface area contributed by atoms with Crippen LogP contribution in [-0.2, 0) is 47.6 Å². The molecule has 0 aliphatic carbocycles. The molecule has 0 aromatic carbocycles. The van der Waals surface area contributed by atoms with Crippen molar-refractivity contribution in [1.82, 2.24) is 21.3 Å². The van der Waals surface area contributed by atoms with Crippen molar-refractivity contribution in [2.45, 2.75) is 82.8 Å². The number of carbonyl (C=O) groups is 5. The van der Waals surface area contributed by atoms with E-state index in [0.717, 1.165) is 6.92 Å². The van der Waals surface area contributed by atoms with E-state index in [0.29, 0.717) is 19.8 Å². The van der Waals surface area contributed by atoms with E-state index < -0.39 is 85.0 Å². The quantitative estimate of drug-likeness (QED) is 0.0528. The van der Waals surface area contributed by atoms with Gasteiger partial charge in [0.15, 0.2) is 6.23 Å². The number of hydrogen-bond donors (Lipinski definition) is 8. The Morgan fingerprint density at radius 3 is 1.89 bits per heavy atom. The third-order valence-corrected chi connectivity index (χ3v) is 6.12. The molecule has 4 amide bonds. The standard InChI is InChI=1S/C28H50N4O15/c1-17(34)30-22-24(39)23(38)19(16-33)46-26(22)32-20(35)15-18(31-27(41)47-28(2,3)4)25(40)29-6-8-43-10-12-45-14-13-44-11-9-42-7-5-21(36)37/h18-19,22-24,26,33,38-39H,5-16H2,1-4H3,(H,29,40)(H,30,34)(H,31,41)(H,32,35)(H,36,37)/t18-,19?,22?,23?,24?,26?/m0/s1.